The number of piperidine rings is 1. The summed E-state index contributed by atoms with van der Waals surface area (Å²) in [7, 11) is -2.27. The fourth-order valence-electron chi connectivity index (χ4n) is 6.39. The van der Waals surface area contributed by atoms with E-state index < -0.39 is 15.4 Å². The Labute approximate surface area is 218 Å². The fraction of sp³-hybridized carbons (Fsp3) is 0.385. The molecule has 3 atom stereocenters. The van der Waals surface area contributed by atoms with Crippen molar-refractivity contribution in [2.75, 3.05) is 26.2 Å². The lowest BCUT2D eigenvalue weighted by molar-refractivity contribution is -0.137. The van der Waals surface area contributed by atoms with Gasteiger partial charge in [0.1, 0.15) is 5.82 Å². The molecule has 1 amide bonds. The molecule has 4 heterocycles. The van der Waals surface area contributed by atoms with Crippen LogP contribution in [0.5, 0.6) is 0 Å². The number of carbonyl (C=O) groups is 1. The average Bonchev–Trinajstić information content (AvgIpc) is 3.27. The number of halogens is 1. The summed E-state index contributed by atoms with van der Waals surface area (Å²) in [6.45, 7) is 3.96. The monoisotopic (exact) mass is 535 g/mol. The number of sulfonamides is 1. The van der Waals surface area contributed by atoms with Crippen LogP contribution in [-0.2, 0) is 27.3 Å². The van der Waals surface area contributed by atoms with E-state index in [0.717, 1.165) is 47.2 Å². The second kappa shape index (κ2) is 7.93. The largest absolute Gasteiger partial charge is 0.342 e. The summed E-state index contributed by atoms with van der Waals surface area (Å²) in [4.78, 5) is 16.6. The van der Waals surface area contributed by atoms with Crippen molar-refractivity contribution in [3.8, 4) is 5.69 Å². The van der Waals surface area contributed by atoms with Crippen molar-refractivity contribution in [1.82, 2.24) is 34.0 Å². The molecule has 0 spiro atoms. The van der Waals surface area contributed by atoms with Crippen LogP contribution >= 0.6 is 0 Å². The number of carbonyl (C=O) groups excluding carboxylic acids is 1. The SMILES string of the molecule is Cc1cc2c(cnn2-c2ccc(F)cc2)cc1C12CN(S(=O)(=O)c3cnn(C)n3)CC1C2C(=O)N1CCC1. The molecule has 1 aliphatic carbocycles. The zero-order valence-corrected chi connectivity index (χ0v) is 21.8. The molecule has 4 aromatic rings. The maximum absolute atomic E-state index is 13.5. The molecule has 7 rings (SSSR count). The number of rotatable bonds is 5. The van der Waals surface area contributed by atoms with Gasteiger partial charge >= 0.3 is 0 Å². The van der Waals surface area contributed by atoms with Crippen LogP contribution in [0.15, 0.2) is 53.8 Å². The Morgan fingerprint density at radius 2 is 1.87 bits per heavy atom. The van der Waals surface area contributed by atoms with Gasteiger partial charge in [-0.15, -0.1) is 5.10 Å². The summed E-state index contributed by atoms with van der Waals surface area (Å²) in [6.07, 6.45) is 4.01. The second-order valence-electron chi connectivity index (χ2n) is 10.5. The van der Waals surface area contributed by atoms with E-state index in [0.29, 0.717) is 0 Å². The van der Waals surface area contributed by atoms with Crippen LogP contribution in [-0.4, -0.2) is 74.5 Å². The second-order valence-corrected chi connectivity index (χ2v) is 12.4. The van der Waals surface area contributed by atoms with Gasteiger partial charge in [0.25, 0.3) is 10.0 Å². The van der Waals surface area contributed by atoms with Crippen molar-refractivity contribution in [1.29, 1.82) is 0 Å². The average molecular weight is 536 g/mol. The number of nitrogens with zero attached hydrogens (tertiary/aromatic N) is 7. The molecule has 1 saturated carbocycles. The first-order chi connectivity index (χ1) is 18.2. The topological polar surface area (TPSA) is 106 Å². The van der Waals surface area contributed by atoms with Crippen LogP contribution in [0.1, 0.15) is 17.5 Å². The molecule has 3 unspecified atom stereocenters. The van der Waals surface area contributed by atoms with Crippen LogP contribution < -0.4 is 0 Å². The molecule has 0 N–H and O–H groups in total. The molecule has 2 aliphatic heterocycles. The minimum atomic E-state index is -3.85. The highest BCUT2D eigenvalue weighted by Crippen LogP contribution is 2.66. The van der Waals surface area contributed by atoms with Crippen molar-refractivity contribution in [2.24, 2.45) is 18.9 Å². The molecule has 2 saturated heterocycles. The molecule has 38 heavy (non-hydrogen) atoms. The van der Waals surface area contributed by atoms with Gasteiger partial charge in [-0.2, -0.15) is 19.3 Å². The first-order valence-corrected chi connectivity index (χ1v) is 14.0. The van der Waals surface area contributed by atoms with E-state index in [4.69, 9.17) is 0 Å². The highest BCUT2D eigenvalue weighted by atomic mass is 32.2. The Morgan fingerprint density at radius 1 is 1.11 bits per heavy atom. The molecular formula is C26H26FN7O3S. The third-order valence-electron chi connectivity index (χ3n) is 8.45. The smallest absolute Gasteiger partial charge is 0.264 e. The zero-order valence-electron chi connectivity index (χ0n) is 21.0. The lowest BCUT2D eigenvalue weighted by atomic mass is 9.88. The fourth-order valence-corrected chi connectivity index (χ4v) is 7.79. The van der Waals surface area contributed by atoms with Gasteiger partial charge < -0.3 is 4.90 Å². The van der Waals surface area contributed by atoms with Crippen LogP contribution in [0, 0.1) is 24.6 Å². The molecule has 0 bridgehead atoms. The molecule has 10 nitrogen and oxygen atoms in total. The number of benzene rings is 2. The van der Waals surface area contributed by atoms with Gasteiger partial charge in [-0.25, -0.2) is 17.5 Å². The van der Waals surface area contributed by atoms with Gasteiger partial charge in [-0.3, -0.25) is 4.79 Å². The van der Waals surface area contributed by atoms with Crippen molar-refractivity contribution in [3.05, 3.63) is 65.7 Å². The van der Waals surface area contributed by atoms with E-state index >= 15 is 0 Å². The summed E-state index contributed by atoms with van der Waals surface area (Å²) in [6, 6.07) is 10.2. The highest BCUT2D eigenvalue weighted by molar-refractivity contribution is 7.89. The lowest BCUT2D eigenvalue weighted by Crippen LogP contribution is -2.46. The van der Waals surface area contributed by atoms with Gasteiger partial charge in [0, 0.05) is 44.0 Å². The Hall–Kier alpha value is -3.64. The van der Waals surface area contributed by atoms with Crippen LogP contribution in [0.2, 0.25) is 0 Å². The van der Waals surface area contributed by atoms with E-state index in [9.17, 15) is 17.6 Å². The maximum Gasteiger partial charge on any atom is 0.264 e. The molecule has 3 aliphatic rings. The predicted octanol–water partition coefficient (Wildman–Crippen LogP) is 2.02. The van der Waals surface area contributed by atoms with Crippen molar-refractivity contribution in [3.63, 3.8) is 0 Å². The normalized spacial score (nSPS) is 25.0. The quantitative estimate of drug-likeness (QED) is 0.387. The van der Waals surface area contributed by atoms with Crippen LogP contribution in [0.3, 0.4) is 0 Å². The van der Waals surface area contributed by atoms with Crippen molar-refractivity contribution >= 4 is 26.8 Å². The van der Waals surface area contributed by atoms with E-state index in [2.05, 4.69) is 15.3 Å². The van der Waals surface area contributed by atoms with Crippen molar-refractivity contribution in [2.45, 2.75) is 23.8 Å². The predicted molar refractivity (Wildman–Crippen MR) is 135 cm³/mol. The molecule has 12 heteroatoms. The number of aryl methyl sites for hydroxylation is 2. The van der Waals surface area contributed by atoms with E-state index in [1.807, 2.05) is 24.0 Å². The Kier molecular flexibility index (Phi) is 4.90. The number of aromatic nitrogens is 5. The zero-order chi connectivity index (χ0) is 26.4. The molecule has 3 fully saturated rings. The molecule has 2 aromatic heterocycles. The number of likely N-dealkylation sites (tertiary alicyclic amines) is 1. The first-order valence-electron chi connectivity index (χ1n) is 12.6. The first kappa shape index (κ1) is 23.5. The van der Waals surface area contributed by atoms with Gasteiger partial charge in [0.15, 0.2) is 0 Å². The summed E-state index contributed by atoms with van der Waals surface area (Å²) in [5.41, 5.74) is 2.93. The summed E-state index contributed by atoms with van der Waals surface area (Å²) >= 11 is 0. The Bertz CT molecular complexity index is 1710. The van der Waals surface area contributed by atoms with E-state index in [-0.39, 0.29) is 41.7 Å². The summed E-state index contributed by atoms with van der Waals surface area (Å²) < 4.78 is 43.5. The number of amides is 1. The third kappa shape index (κ3) is 3.22. The van der Waals surface area contributed by atoms with Gasteiger partial charge in [-0.1, -0.05) is 0 Å². The van der Waals surface area contributed by atoms with Gasteiger partial charge in [-0.05, 0) is 66.8 Å². The highest BCUT2D eigenvalue weighted by Gasteiger charge is 2.74. The van der Waals surface area contributed by atoms with Gasteiger partial charge in [0.05, 0.1) is 29.5 Å². The minimum Gasteiger partial charge on any atom is -0.342 e. The van der Waals surface area contributed by atoms with E-state index in [1.165, 1.54) is 27.4 Å². The molecule has 2 aromatic carbocycles. The standard InChI is InChI=1S/C26H26FN7O3S/c1-16-10-22-17(12-29-34(22)19-6-4-18(27)5-7-19)11-20(16)26-15-33(38(36,37)23-13-28-31(2)30-23)14-21(26)24(26)25(35)32-8-3-9-32/h4-7,10-13,21,24H,3,8-9,14-15H2,1-2H3. The lowest BCUT2D eigenvalue weighted by Gasteiger charge is -2.33. The number of fused-ring (bicyclic) bond motifs is 2. The number of hydrogen-bond donors (Lipinski definition) is 0. The Morgan fingerprint density at radius 3 is 2.53 bits per heavy atom. The summed E-state index contributed by atoms with van der Waals surface area (Å²) in [5.74, 6) is -0.591. The van der Waals surface area contributed by atoms with E-state index in [1.54, 1.807) is 30.1 Å². The summed E-state index contributed by atoms with van der Waals surface area (Å²) in [5, 5.41) is 13.3. The maximum atomic E-state index is 13.5. The van der Waals surface area contributed by atoms with Gasteiger partial charge in [0.2, 0.25) is 10.9 Å². The third-order valence-corrected chi connectivity index (χ3v) is 10.1. The van der Waals surface area contributed by atoms with Crippen molar-refractivity contribution < 1.29 is 17.6 Å². The molecule has 196 valence electrons. The Balaban J connectivity index is 1.30. The number of hydrogen-bond acceptors (Lipinski definition) is 6. The van der Waals surface area contributed by atoms with Crippen LogP contribution in [0.4, 0.5) is 4.39 Å². The van der Waals surface area contributed by atoms with Crippen LogP contribution in [0.25, 0.3) is 16.6 Å². The molecular weight excluding hydrogens is 509 g/mol. The minimum absolute atomic E-state index is 0.0881. The molecule has 0 radical (unpaired) electrons.